The van der Waals surface area contributed by atoms with Crippen LogP contribution in [0.3, 0.4) is 0 Å². The molecule has 37 heavy (non-hydrogen) atoms. The quantitative estimate of drug-likeness (QED) is 0.404. The van der Waals surface area contributed by atoms with E-state index in [0.717, 1.165) is 56.9 Å². The van der Waals surface area contributed by atoms with Crippen LogP contribution in [0.1, 0.15) is 19.3 Å². The average molecular weight is 520 g/mol. The van der Waals surface area contributed by atoms with Crippen molar-refractivity contribution in [3.8, 4) is 0 Å². The molecule has 0 radical (unpaired) electrons. The van der Waals surface area contributed by atoms with Crippen LogP contribution in [0.15, 0.2) is 48.2 Å². The smallest absolute Gasteiger partial charge is 0.407 e. The monoisotopic (exact) mass is 519 g/mol. The molecule has 8 nitrogen and oxygen atoms in total. The van der Waals surface area contributed by atoms with Crippen molar-refractivity contribution in [1.82, 2.24) is 20.5 Å². The summed E-state index contributed by atoms with van der Waals surface area (Å²) in [5, 5.41) is 4.12. The van der Waals surface area contributed by atoms with E-state index >= 15 is 0 Å². The van der Waals surface area contributed by atoms with Gasteiger partial charge in [-0.05, 0) is 26.3 Å². The standard InChI is InChI=1S/C26H32F3N5O3/c1-32-9-11-33(12-10-32)7-3-13-37-26(36)30-19-5-2-4-18(14-19)15-23-24(35)6-8-34(31-23)20-16-21(27)25(29)22(28)17-20/h2,4-6,8,16-17,19,23,31H,3,7,9-15H2,1H3,(H,30,36). The van der Waals surface area contributed by atoms with Gasteiger partial charge in [0.15, 0.2) is 23.2 Å². The zero-order chi connectivity index (χ0) is 26.4. The van der Waals surface area contributed by atoms with E-state index in [4.69, 9.17) is 4.74 Å². The third-order valence-electron chi connectivity index (χ3n) is 6.65. The molecule has 1 fully saturated rings. The van der Waals surface area contributed by atoms with Crippen LogP contribution in [0.25, 0.3) is 0 Å². The first kappa shape index (κ1) is 26.9. The van der Waals surface area contributed by atoms with Crippen LogP contribution in [0.4, 0.5) is 23.7 Å². The van der Waals surface area contributed by atoms with Crippen LogP contribution in [-0.4, -0.2) is 80.1 Å². The molecule has 2 heterocycles. The highest BCUT2D eigenvalue weighted by Crippen LogP contribution is 2.24. The summed E-state index contributed by atoms with van der Waals surface area (Å²) in [4.78, 5) is 29.4. The number of amides is 1. The molecule has 0 saturated carbocycles. The molecule has 11 heteroatoms. The van der Waals surface area contributed by atoms with E-state index in [9.17, 15) is 22.8 Å². The van der Waals surface area contributed by atoms with Crippen LogP contribution in [0.2, 0.25) is 0 Å². The summed E-state index contributed by atoms with van der Waals surface area (Å²) >= 11 is 0. The number of anilines is 1. The summed E-state index contributed by atoms with van der Waals surface area (Å²) in [6.45, 7) is 5.37. The fourth-order valence-corrected chi connectivity index (χ4v) is 4.50. The molecule has 0 spiro atoms. The van der Waals surface area contributed by atoms with Crippen LogP contribution in [-0.2, 0) is 9.53 Å². The van der Waals surface area contributed by atoms with E-state index in [1.807, 2.05) is 18.2 Å². The number of piperazine rings is 1. The Morgan fingerprint density at radius 3 is 2.62 bits per heavy atom. The molecule has 2 aliphatic heterocycles. The maximum absolute atomic E-state index is 13.7. The van der Waals surface area contributed by atoms with Gasteiger partial charge in [-0.25, -0.2) is 23.4 Å². The summed E-state index contributed by atoms with van der Waals surface area (Å²) in [5.74, 6) is -4.40. The number of benzene rings is 1. The SMILES string of the molecule is CN1CCN(CCCOC(=O)NC2C=CC=C(CC3NN(c4cc(F)c(F)c(F)c4)C=CC3=O)C2)CC1. The first-order chi connectivity index (χ1) is 17.8. The molecule has 0 bridgehead atoms. The molecular formula is C26H32F3N5O3. The van der Waals surface area contributed by atoms with Crippen molar-refractivity contribution in [3.05, 3.63) is 65.7 Å². The van der Waals surface area contributed by atoms with Crippen LogP contribution < -0.4 is 15.8 Å². The van der Waals surface area contributed by atoms with Crippen LogP contribution >= 0.6 is 0 Å². The van der Waals surface area contributed by atoms with Crippen molar-refractivity contribution >= 4 is 17.6 Å². The number of alkyl carbamates (subject to hydrolysis) is 1. The summed E-state index contributed by atoms with van der Waals surface area (Å²) in [5.41, 5.74) is 3.85. The highest BCUT2D eigenvalue weighted by molar-refractivity contribution is 5.96. The van der Waals surface area contributed by atoms with Gasteiger partial charge in [0.25, 0.3) is 0 Å². The number of nitrogens with one attached hydrogen (secondary N) is 2. The van der Waals surface area contributed by atoms with E-state index in [-0.39, 0.29) is 17.5 Å². The first-order valence-electron chi connectivity index (χ1n) is 12.4. The van der Waals surface area contributed by atoms with Gasteiger partial charge in [0.2, 0.25) is 0 Å². The molecule has 4 rings (SSSR count). The Bertz CT molecular complexity index is 1060. The molecule has 3 aliphatic rings. The highest BCUT2D eigenvalue weighted by atomic mass is 19.2. The first-order valence-corrected chi connectivity index (χ1v) is 12.4. The Hall–Kier alpha value is -3.15. The average Bonchev–Trinajstić information content (AvgIpc) is 2.87. The molecule has 2 atom stereocenters. The number of carbonyl (C=O) groups is 2. The fraction of sp³-hybridized carbons (Fsp3) is 0.462. The lowest BCUT2D eigenvalue weighted by atomic mass is 9.93. The number of ether oxygens (including phenoxy) is 1. The second-order valence-corrected chi connectivity index (χ2v) is 9.50. The molecule has 1 saturated heterocycles. The molecular weight excluding hydrogens is 487 g/mol. The van der Waals surface area contributed by atoms with Gasteiger partial charge in [0, 0.05) is 57.1 Å². The number of nitrogens with zero attached hydrogens (tertiary/aromatic N) is 3. The lowest BCUT2D eigenvalue weighted by Gasteiger charge is -2.32. The molecule has 2 unspecified atom stereocenters. The van der Waals surface area contributed by atoms with Gasteiger partial charge in [-0.2, -0.15) is 0 Å². The van der Waals surface area contributed by atoms with Gasteiger partial charge < -0.3 is 19.9 Å². The van der Waals surface area contributed by atoms with Crippen molar-refractivity contribution in [3.63, 3.8) is 0 Å². The molecule has 1 aliphatic carbocycles. The zero-order valence-electron chi connectivity index (χ0n) is 20.8. The van der Waals surface area contributed by atoms with Gasteiger partial charge in [0.1, 0.15) is 0 Å². The maximum Gasteiger partial charge on any atom is 0.407 e. The minimum absolute atomic E-state index is 0.0255. The number of carbonyl (C=O) groups excluding carboxylic acids is 2. The number of hydrogen-bond donors (Lipinski definition) is 2. The number of likely N-dealkylation sites (N-methyl/N-ethyl adjacent to an activating group) is 1. The van der Waals surface area contributed by atoms with E-state index in [1.54, 1.807) is 0 Å². The fourth-order valence-electron chi connectivity index (χ4n) is 4.50. The normalized spacial score (nSPS) is 22.8. The maximum atomic E-state index is 13.7. The third-order valence-corrected chi connectivity index (χ3v) is 6.65. The number of halogens is 3. The van der Waals surface area contributed by atoms with Gasteiger partial charge in [-0.3, -0.25) is 9.80 Å². The van der Waals surface area contributed by atoms with Gasteiger partial charge >= 0.3 is 6.09 Å². The minimum atomic E-state index is -1.55. The Kier molecular flexibility index (Phi) is 9.01. The highest BCUT2D eigenvalue weighted by Gasteiger charge is 2.27. The number of ketones is 1. The van der Waals surface area contributed by atoms with Gasteiger partial charge in [-0.15, -0.1) is 0 Å². The van der Waals surface area contributed by atoms with Crippen molar-refractivity contribution < 1.29 is 27.5 Å². The lowest BCUT2D eigenvalue weighted by Crippen LogP contribution is -2.49. The Morgan fingerprint density at radius 2 is 1.89 bits per heavy atom. The largest absolute Gasteiger partial charge is 0.450 e. The van der Waals surface area contributed by atoms with Crippen molar-refractivity contribution in [2.45, 2.75) is 31.3 Å². The molecule has 1 aromatic carbocycles. The predicted octanol–water partition coefficient (Wildman–Crippen LogP) is 2.89. The summed E-state index contributed by atoms with van der Waals surface area (Å²) in [6, 6.07) is 0.723. The summed E-state index contributed by atoms with van der Waals surface area (Å²) < 4.78 is 46.0. The molecule has 0 aromatic heterocycles. The topological polar surface area (TPSA) is 77.2 Å². The van der Waals surface area contributed by atoms with Crippen LogP contribution in [0, 0.1) is 17.5 Å². The molecule has 200 valence electrons. The molecule has 1 amide bonds. The second-order valence-electron chi connectivity index (χ2n) is 9.50. The van der Waals surface area contributed by atoms with E-state index < -0.39 is 29.6 Å². The number of hydrogen-bond acceptors (Lipinski definition) is 7. The number of allylic oxidation sites excluding steroid dienone is 2. The van der Waals surface area contributed by atoms with Gasteiger partial charge in [0.05, 0.1) is 24.4 Å². The predicted molar refractivity (Wildman–Crippen MR) is 133 cm³/mol. The van der Waals surface area contributed by atoms with Gasteiger partial charge in [-0.1, -0.05) is 23.8 Å². The van der Waals surface area contributed by atoms with E-state index in [2.05, 4.69) is 27.6 Å². The van der Waals surface area contributed by atoms with Crippen molar-refractivity contribution in [2.24, 2.45) is 0 Å². The number of rotatable bonds is 8. The number of hydrazine groups is 1. The summed E-state index contributed by atoms with van der Waals surface area (Å²) in [6.07, 6.45) is 9.24. The minimum Gasteiger partial charge on any atom is -0.450 e. The second kappa shape index (κ2) is 12.4. The summed E-state index contributed by atoms with van der Waals surface area (Å²) in [7, 11) is 2.11. The van der Waals surface area contributed by atoms with E-state index in [1.165, 1.54) is 17.3 Å². The Labute approximate surface area is 214 Å². The van der Waals surface area contributed by atoms with Crippen molar-refractivity contribution in [1.29, 1.82) is 0 Å². The molecule has 1 aromatic rings. The van der Waals surface area contributed by atoms with Crippen molar-refractivity contribution in [2.75, 3.05) is 51.4 Å². The zero-order valence-corrected chi connectivity index (χ0v) is 20.8. The lowest BCUT2D eigenvalue weighted by molar-refractivity contribution is -0.116. The Balaban J connectivity index is 1.22. The third kappa shape index (κ3) is 7.43. The van der Waals surface area contributed by atoms with Crippen LogP contribution in [0.5, 0.6) is 0 Å². The Morgan fingerprint density at radius 1 is 1.16 bits per heavy atom. The van der Waals surface area contributed by atoms with E-state index in [0.29, 0.717) is 19.4 Å². The molecule has 2 N–H and O–H groups in total.